The number of hydrogen-bond acceptors (Lipinski definition) is 4. The molecule has 0 bridgehead atoms. The van der Waals surface area contributed by atoms with Crippen molar-refractivity contribution < 1.29 is 28.4 Å². The summed E-state index contributed by atoms with van der Waals surface area (Å²) >= 11 is 0. The van der Waals surface area contributed by atoms with Gasteiger partial charge < -0.3 is 14.7 Å². The van der Waals surface area contributed by atoms with E-state index in [1.165, 1.54) is 36.3 Å². The van der Waals surface area contributed by atoms with E-state index in [0.29, 0.717) is 36.4 Å². The Morgan fingerprint density at radius 2 is 1.88 bits per heavy atom. The Morgan fingerprint density at radius 3 is 2.50 bits per heavy atom. The number of hydrogen-bond donors (Lipinski definition) is 2. The van der Waals surface area contributed by atoms with E-state index in [1.807, 2.05) is 10.8 Å². The highest BCUT2D eigenvalue weighted by Gasteiger charge is 2.45. The van der Waals surface area contributed by atoms with E-state index in [-0.39, 0.29) is 11.3 Å². The number of Topliss-reactive ketones (excluding diaryl/α,β-unsaturated/α-hetero) is 1. The number of rotatable bonds is 7. The average Bonchev–Trinajstić information content (AvgIpc) is 3.41. The number of likely N-dealkylation sites (tertiary alicyclic amines) is 1. The largest absolute Gasteiger partial charge is 0.507 e. The fourth-order valence-electron chi connectivity index (χ4n) is 3.89. The summed E-state index contributed by atoms with van der Waals surface area (Å²) in [5.74, 6) is -1.55. The number of ether oxygens (including phenoxy) is 1. The first kappa shape index (κ1) is 21.3. The Labute approximate surface area is 184 Å². The fraction of sp³-hybridized carbons (Fsp3) is 0.208. The van der Waals surface area contributed by atoms with E-state index in [4.69, 9.17) is 4.74 Å². The summed E-state index contributed by atoms with van der Waals surface area (Å²) in [5.41, 5.74) is 0.926. The monoisotopic (exact) mass is 436 g/mol. The lowest BCUT2D eigenvalue weighted by molar-refractivity contribution is -0.695. The third-order valence-electron chi connectivity index (χ3n) is 5.51. The van der Waals surface area contributed by atoms with Gasteiger partial charge in [0.2, 0.25) is 6.33 Å². The number of aliphatic hydroxyl groups excluding tert-OH is 1. The van der Waals surface area contributed by atoms with Gasteiger partial charge in [-0.15, -0.1) is 0 Å². The molecule has 1 unspecified atom stereocenters. The van der Waals surface area contributed by atoms with Gasteiger partial charge in [0.1, 0.15) is 29.7 Å². The van der Waals surface area contributed by atoms with Gasteiger partial charge in [-0.05, 0) is 42.0 Å². The van der Waals surface area contributed by atoms with E-state index < -0.39 is 23.5 Å². The number of benzene rings is 2. The molecule has 0 aliphatic carbocycles. The third-order valence-corrected chi connectivity index (χ3v) is 5.51. The highest BCUT2D eigenvalue weighted by atomic mass is 19.1. The highest BCUT2D eigenvalue weighted by molar-refractivity contribution is 6.46. The van der Waals surface area contributed by atoms with Gasteiger partial charge in [0.25, 0.3) is 11.7 Å². The van der Waals surface area contributed by atoms with E-state index in [0.717, 1.165) is 0 Å². The number of nitrogens with zero attached hydrogens (tertiary/aromatic N) is 2. The van der Waals surface area contributed by atoms with Crippen LogP contribution in [-0.2, 0) is 16.1 Å². The summed E-state index contributed by atoms with van der Waals surface area (Å²) in [7, 11) is 1.53. The first-order valence-electron chi connectivity index (χ1n) is 10.2. The van der Waals surface area contributed by atoms with Crippen LogP contribution in [0.25, 0.3) is 5.76 Å². The summed E-state index contributed by atoms with van der Waals surface area (Å²) in [6.07, 6.45) is 6.06. The van der Waals surface area contributed by atoms with Crippen LogP contribution in [-0.4, -0.2) is 40.3 Å². The molecule has 2 aromatic carbocycles. The zero-order valence-electron chi connectivity index (χ0n) is 17.5. The van der Waals surface area contributed by atoms with Crippen molar-refractivity contribution in [1.29, 1.82) is 0 Å². The molecule has 32 heavy (non-hydrogen) atoms. The predicted molar refractivity (Wildman–Crippen MR) is 114 cm³/mol. The van der Waals surface area contributed by atoms with Gasteiger partial charge in [0.05, 0.1) is 25.3 Å². The molecular weight excluding hydrogens is 413 g/mol. The van der Waals surface area contributed by atoms with Gasteiger partial charge in [-0.3, -0.25) is 14.6 Å². The second kappa shape index (κ2) is 9.05. The zero-order chi connectivity index (χ0) is 22.7. The lowest BCUT2D eigenvalue weighted by Crippen LogP contribution is -2.36. The number of halogens is 1. The number of carbonyl (C=O) groups is 2. The molecule has 0 spiro atoms. The number of ketones is 1. The second-order valence-corrected chi connectivity index (χ2v) is 7.48. The predicted octanol–water partition coefficient (Wildman–Crippen LogP) is 2.96. The SMILES string of the molecule is COc1ccc(C(O)=C2C(=O)C(=O)N(CCC[n+]3cc[nH]c3)C2c2ccc(F)cc2)cc1. The van der Waals surface area contributed by atoms with Gasteiger partial charge in [0, 0.05) is 18.5 Å². The molecule has 1 fully saturated rings. The first-order valence-corrected chi connectivity index (χ1v) is 10.2. The number of amides is 1. The number of nitrogens with one attached hydrogen (secondary N) is 1. The van der Waals surface area contributed by atoms with Crippen molar-refractivity contribution in [1.82, 2.24) is 9.88 Å². The lowest BCUT2D eigenvalue weighted by atomic mass is 9.95. The number of H-pyrrole nitrogens is 1. The van der Waals surface area contributed by atoms with Crippen molar-refractivity contribution in [2.75, 3.05) is 13.7 Å². The Kier molecular flexibility index (Phi) is 6.02. The van der Waals surface area contributed by atoms with Crippen LogP contribution in [0.5, 0.6) is 5.75 Å². The molecule has 4 rings (SSSR count). The van der Waals surface area contributed by atoms with Crippen LogP contribution in [0.1, 0.15) is 23.6 Å². The molecule has 1 aromatic heterocycles. The summed E-state index contributed by atoms with van der Waals surface area (Å²) in [6, 6.07) is 11.4. The molecule has 2 heterocycles. The minimum Gasteiger partial charge on any atom is -0.507 e. The molecule has 1 aliphatic rings. The molecule has 0 radical (unpaired) electrons. The van der Waals surface area contributed by atoms with E-state index in [9.17, 15) is 19.1 Å². The topological polar surface area (TPSA) is 86.5 Å². The molecule has 0 saturated carbocycles. The Balaban J connectivity index is 1.71. The number of aromatic nitrogens is 2. The maximum atomic E-state index is 13.5. The molecule has 3 aromatic rings. The number of aromatic amines is 1. The molecule has 164 valence electrons. The first-order chi connectivity index (χ1) is 15.5. The van der Waals surface area contributed by atoms with Crippen LogP contribution in [0.15, 0.2) is 72.8 Å². The molecule has 2 N–H and O–H groups in total. The van der Waals surface area contributed by atoms with Crippen molar-refractivity contribution >= 4 is 17.4 Å². The van der Waals surface area contributed by atoms with Crippen molar-refractivity contribution in [3.8, 4) is 5.75 Å². The van der Waals surface area contributed by atoms with E-state index in [2.05, 4.69) is 4.98 Å². The third kappa shape index (κ3) is 4.12. The number of aryl methyl sites for hydroxylation is 1. The number of imidazole rings is 1. The lowest BCUT2D eigenvalue weighted by Gasteiger charge is -2.25. The minimum atomic E-state index is -0.811. The molecule has 1 saturated heterocycles. The van der Waals surface area contributed by atoms with E-state index in [1.54, 1.807) is 36.8 Å². The van der Waals surface area contributed by atoms with Gasteiger partial charge >= 0.3 is 0 Å². The Morgan fingerprint density at radius 1 is 1.16 bits per heavy atom. The second-order valence-electron chi connectivity index (χ2n) is 7.48. The van der Waals surface area contributed by atoms with Crippen LogP contribution >= 0.6 is 0 Å². The maximum absolute atomic E-state index is 13.5. The van der Waals surface area contributed by atoms with Gasteiger partial charge in [-0.2, -0.15) is 0 Å². The average molecular weight is 436 g/mol. The van der Waals surface area contributed by atoms with Gasteiger partial charge in [0.15, 0.2) is 0 Å². The van der Waals surface area contributed by atoms with Gasteiger partial charge in [-0.25, -0.2) is 8.96 Å². The molecule has 7 nitrogen and oxygen atoms in total. The zero-order valence-corrected chi connectivity index (χ0v) is 17.5. The summed E-state index contributed by atoms with van der Waals surface area (Å²) in [5, 5.41) is 11.0. The van der Waals surface area contributed by atoms with Crippen molar-refractivity contribution in [2.24, 2.45) is 0 Å². The van der Waals surface area contributed by atoms with Crippen LogP contribution in [0.3, 0.4) is 0 Å². The number of carbonyl (C=O) groups excluding carboxylic acids is 2. The van der Waals surface area contributed by atoms with E-state index >= 15 is 0 Å². The normalized spacial score (nSPS) is 17.7. The van der Waals surface area contributed by atoms with Crippen LogP contribution in [0.4, 0.5) is 4.39 Å². The van der Waals surface area contributed by atoms with Crippen molar-refractivity contribution in [3.05, 3.63) is 89.8 Å². The summed E-state index contributed by atoms with van der Waals surface area (Å²) in [4.78, 5) is 30.3. The molecule has 1 atom stereocenters. The van der Waals surface area contributed by atoms with Crippen molar-refractivity contribution in [2.45, 2.75) is 19.0 Å². The van der Waals surface area contributed by atoms with Crippen LogP contribution in [0, 0.1) is 5.82 Å². The summed E-state index contributed by atoms with van der Waals surface area (Å²) in [6.45, 7) is 0.936. The quantitative estimate of drug-likeness (QED) is 0.258. The fourth-order valence-corrected chi connectivity index (χ4v) is 3.89. The smallest absolute Gasteiger partial charge is 0.295 e. The number of aliphatic hydroxyl groups is 1. The molecular formula is C24H23FN3O4+. The van der Waals surface area contributed by atoms with Crippen LogP contribution in [0.2, 0.25) is 0 Å². The van der Waals surface area contributed by atoms with Crippen LogP contribution < -0.4 is 9.30 Å². The Bertz CT molecular complexity index is 1140. The standard InChI is InChI=1S/C24H22FN3O4/c1-32-19-9-5-17(6-10-19)22(29)20-21(16-3-7-18(25)8-4-16)28(24(31)23(20)30)13-2-12-27-14-11-26-15-27/h3-11,14-15,21H,2,12-13H2,1H3,(H,29,30)/p+1. The summed E-state index contributed by atoms with van der Waals surface area (Å²) < 4.78 is 20.6. The van der Waals surface area contributed by atoms with Crippen molar-refractivity contribution in [3.63, 3.8) is 0 Å². The van der Waals surface area contributed by atoms with Gasteiger partial charge in [-0.1, -0.05) is 12.1 Å². The molecule has 8 heteroatoms. The number of methoxy groups -OCH3 is 1. The maximum Gasteiger partial charge on any atom is 0.295 e. The molecule has 1 aliphatic heterocycles. The Hall–Kier alpha value is -3.94. The minimum absolute atomic E-state index is 0.0129. The highest BCUT2D eigenvalue weighted by Crippen LogP contribution is 2.39. The molecule has 1 amide bonds.